The van der Waals surface area contributed by atoms with E-state index in [9.17, 15) is 4.79 Å². The quantitative estimate of drug-likeness (QED) is 0.502. The van der Waals surface area contributed by atoms with Crippen molar-refractivity contribution in [1.29, 1.82) is 0 Å². The Morgan fingerprint density at radius 3 is 2.37 bits per heavy atom. The second-order valence-corrected chi connectivity index (χ2v) is 7.53. The normalized spacial score (nSPS) is 20.1. The summed E-state index contributed by atoms with van der Waals surface area (Å²) >= 11 is 6.32. The summed E-state index contributed by atoms with van der Waals surface area (Å²) < 4.78 is 0. The SMILES string of the molecule is CC1=C(c2ccccc2)C2(C(=O)C=Cc3ccccc32)c2ccc(Cl)cc21. The predicted octanol–water partition coefficient (Wildman–Crippen LogP) is 6.17. The van der Waals surface area contributed by atoms with Crippen LogP contribution in [0.2, 0.25) is 5.02 Å². The molecule has 0 aliphatic heterocycles. The van der Waals surface area contributed by atoms with Gasteiger partial charge in [-0.2, -0.15) is 0 Å². The molecule has 0 saturated heterocycles. The molecule has 2 aliphatic carbocycles. The number of carbonyl (C=O) groups excluding carboxylic acids is 1. The van der Waals surface area contributed by atoms with Crippen molar-refractivity contribution in [1.82, 2.24) is 0 Å². The van der Waals surface area contributed by atoms with Gasteiger partial charge in [0.15, 0.2) is 5.78 Å². The molecule has 2 aliphatic rings. The minimum absolute atomic E-state index is 0.0977. The Kier molecular flexibility index (Phi) is 3.50. The molecule has 0 N–H and O–H groups in total. The smallest absolute Gasteiger partial charge is 0.175 e. The van der Waals surface area contributed by atoms with Gasteiger partial charge in [-0.1, -0.05) is 78.3 Å². The van der Waals surface area contributed by atoms with E-state index in [-0.39, 0.29) is 5.78 Å². The fourth-order valence-corrected chi connectivity index (χ4v) is 4.86. The van der Waals surface area contributed by atoms with Crippen molar-refractivity contribution < 1.29 is 4.79 Å². The highest BCUT2D eigenvalue weighted by molar-refractivity contribution is 6.31. The molecule has 0 aromatic heterocycles. The molecule has 0 radical (unpaired) electrons. The van der Waals surface area contributed by atoms with Gasteiger partial charge >= 0.3 is 0 Å². The largest absolute Gasteiger partial charge is 0.293 e. The van der Waals surface area contributed by atoms with Crippen molar-refractivity contribution in [2.45, 2.75) is 12.3 Å². The number of hydrogen-bond donors (Lipinski definition) is 0. The van der Waals surface area contributed by atoms with E-state index in [0.717, 1.165) is 39.0 Å². The summed E-state index contributed by atoms with van der Waals surface area (Å²) in [6.45, 7) is 2.10. The highest BCUT2D eigenvalue weighted by atomic mass is 35.5. The zero-order chi connectivity index (χ0) is 18.6. The fourth-order valence-electron chi connectivity index (χ4n) is 4.68. The van der Waals surface area contributed by atoms with Crippen LogP contribution in [-0.2, 0) is 10.2 Å². The first-order valence-corrected chi connectivity index (χ1v) is 9.41. The molecule has 0 fully saturated rings. The molecule has 0 bridgehead atoms. The maximum Gasteiger partial charge on any atom is 0.175 e. The number of ketones is 1. The van der Waals surface area contributed by atoms with Gasteiger partial charge < -0.3 is 0 Å². The van der Waals surface area contributed by atoms with Crippen molar-refractivity contribution in [3.63, 3.8) is 0 Å². The number of carbonyl (C=O) groups is 1. The number of rotatable bonds is 1. The third kappa shape index (κ3) is 2.09. The van der Waals surface area contributed by atoms with Crippen LogP contribution in [0.1, 0.15) is 34.7 Å². The topological polar surface area (TPSA) is 17.1 Å². The minimum atomic E-state index is -0.823. The Balaban J connectivity index is 1.96. The first-order chi connectivity index (χ1) is 13.1. The van der Waals surface area contributed by atoms with Gasteiger partial charge in [0.2, 0.25) is 0 Å². The Bertz CT molecular complexity index is 1150. The summed E-state index contributed by atoms with van der Waals surface area (Å²) in [5, 5.41) is 0.685. The van der Waals surface area contributed by atoms with Crippen molar-refractivity contribution in [3.8, 4) is 0 Å². The zero-order valence-corrected chi connectivity index (χ0v) is 15.6. The molecule has 130 valence electrons. The molecule has 1 nitrogen and oxygen atoms in total. The van der Waals surface area contributed by atoms with E-state index in [1.807, 2.05) is 54.6 Å². The fraction of sp³-hybridized carbons (Fsp3) is 0.0800. The van der Waals surface area contributed by atoms with Gasteiger partial charge in [0.1, 0.15) is 5.41 Å². The van der Waals surface area contributed by atoms with Crippen LogP contribution in [-0.4, -0.2) is 5.78 Å². The average Bonchev–Trinajstić information content (AvgIpc) is 2.95. The summed E-state index contributed by atoms with van der Waals surface area (Å²) in [4.78, 5) is 13.6. The Morgan fingerprint density at radius 2 is 1.56 bits per heavy atom. The van der Waals surface area contributed by atoms with Gasteiger partial charge in [0.05, 0.1) is 0 Å². The van der Waals surface area contributed by atoms with Gasteiger partial charge in [-0.05, 0) is 64.1 Å². The highest BCUT2D eigenvalue weighted by Gasteiger charge is 2.52. The van der Waals surface area contributed by atoms with Crippen LogP contribution in [0, 0.1) is 0 Å². The lowest BCUT2D eigenvalue weighted by Crippen LogP contribution is -2.38. The number of halogens is 1. The van der Waals surface area contributed by atoms with E-state index >= 15 is 0 Å². The van der Waals surface area contributed by atoms with Gasteiger partial charge in [0.25, 0.3) is 0 Å². The maximum absolute atomic E-state index is 13.6. The van der Waals surface area contributed by atoms with E-state index in [0.29, 0.717) is 5.02 Å². The molecular formula is C25H17ClO. The van der Waals surface area contributed by atoms with Crippen LogP contribution in [0.5, 0.6) is 0 Å². The van der Waals surface area contributed by atoms with Crippen LogP contribution in [0.15, 0.2) is 78.9 Å². The molecule has 1 spiro atoms. The monoisotopic (exact) mass is 368 g/mol. The zero-order valence-electron chi connectivity index (χ0n) is 14.9. The van der Waals surface area contributed by atoms with Crippen molar-refractivity contribution in [2.75, 3.05) is 0 Å². The van der Waals surface area contributed by atoms with Gasteiger partial charge in [-0.3, -0.25) is 4.79 Å². The highest BCUT2D eigenvalue weighted by Crippen LogP contribution is 2.57. The Hall–Kier alpha value is -2.90. The molecule has 0 saturated carbocycles. The maximum atomic E-state index is 13.6. The van der Waals surface area contributed by atoms with E-state index in [4.69, 9.17) is 11.6 Å². The first-order valence-electron chi connectivity index (χ1n) is 9.03. The van der Waals surface area contributed by atoms with Crippen LogP contribution in [0.3, 0.4) is 0 Å². The summed E-state index contributed by atoms with van der Waals surface area (Å²) in [6, 6.07) is 24.3. The molecule has 5 rings (SSSR count). The van der Waals surface area contributed by atoms with Gasteiger partial charge in [-0.25, -0.2) is 0 Å². The summed E-state index contributed by atoms with van der Waals surface area (Å²) in [6.07, 6.45) is 3.65. The lowest BCUT2D eigenvalue weighted by molar-refractivity contribution is -0.116. The summed E-state index contributed by atoms with van der Waals surface area (Å²) in [5.74, 6) is 0.0977. The molecular weight excluding hydrogens is 352 g/mol. The lowest BCUT2D eigenvalue weighted by atomic mass is 9.63. The third-order valence-corrected chi connectivity index (χ3v) is 5.99. The minimum Gasteiger partial charge on any atom is -0.293 e. The van der Waals surface area contributed by atoms with Crippen LogP contribution < -0.4 is 0 Å². The molecule has 3 aromatic carbocycles. The molecule has 1 unspecified atom stereocenters. The van der Waals surface area contributed by atoms with Gasteiger partial charge in [0, 0.05) is 5.02 Å². The molecule has 2 heteroatoms. The van der Waals surface area contributed by atoms with Crippen molar-refractivity contribution in [3.05, 3.63) is 112 Å². The number of fused-ring (bicyclic) bond motifs is 4. The van der Waals surface area contributed by atoms with Crippen molar-refractivity contribution >= 4 is 34.6 Å². The Labute approximate surface area is 163 Å². The first kappa shape index (κ1) is 16.3. The molecule has 27 heavy (non-hydrogen) atoms. The summed E-state index contributed by atoms with van der Waals surface area (Å²) in [5.41, 5.74) is 6.61. The van der Waals surface area contributed by atoms with Crippen LogP contribution in [0.4, 0.5) is 0 Å². The lowest BCUT2D eigenvalue weighted by Gasteiger charge is -2.36. The van der Waals surface area contributed by atoms with Crippen molar-refractivity contribution in [2.24, 2.45) is 0 Å². The van der Waals surface area contributed by atoms with E-state index in [1.54, 1.807) is 6.08 Å². The number of benzene rings is 3. The second-order valence-electron chi connectivity index (χ2n) is 7.09. The van der Waals surface area contributed by atoms with Gasteiger partial charge in [-0.15, -0.1) is 0 Å². The number of hydrogen-bond acceptors (Lipinski definition) is 1. The van der Waals surface area contributed by atoms with E-state index in [2.05, 4.69) is 31.2 Å². The number of allylic oxidation sites excluding steroid dienone is 3. The Morgan fingerprint density at radius 1 is 0.815 bits per heavy atom. The summed E-state index contributed by atoms with van der Waals surface area (Å²) in [7, 11) is 0. The average molecular weight is 369 g/mol. The molecule has 0 heterocycles. The third-order valence-electron chi connectivity index (χ3n) is 5.75. The van der Waals surface area contributed by atoms with E-state index in [1.165, 1.54) is 0 Å². The molecule has 0 amide bonds. The second kappa shape index (κ2) is 5.80. The molecule has 3 aromatic rings. The van der Waals surface area contributed by atoms with Crippen LogP contribution in [0.25, 0.3) is 17.2 Å². The van der Waals surface area contributed by atoms with Crippen LogP contribution >= 0.6 is 11.6 Å². The molecule has 1 atom stereocenters. The van der Waals surface area contributed by atoms with E-state index < -0.39 is 5.41 Å². The predicted molar refractivity (Wildman–Crippen MR) is 112 cm³/mol. The standard InChI is InChI=1S/C25H17ClO/c1-16-20-15-19(26)12-13-22(20)25(24(16)18-8-3-2-4-9-18)21-10-6-5-7-17(21)11-14-23(25)27/h2-15H,1H3.